The highest BCUT2D eigenvalue weighted by molar-refractivity contribution is 7.46. The van der Waals surface area contributed by atoms with Crippen LogP contribution >= 0.6 is 7.82 Å². The van der Waals surface area contributed by atoms with Gasteiger partial charge in [-0.2, -0.15) is 0 Å². The molecule has 2 rings (SSSR count). The summed E-state index contributed by atoms with van der Waals surface area (Å²) in [5.41, 5.74) is 16.1. The summed E-state index contributed by atoms with van der Waals surface area (Å²) in [6.45, 7) is 1.66. The van der Waals surface area contributed by atoms with E-state index in [4.69, 9.17) is 27.0 Å². The first-order chi connectivity index (χ1) is 21.0. The lowest BCUT2D eigenvalue weighted by Crippen LogP contribution is -2.58. The van der Waals surface area contributed by atoms with Crippen molar-refractivity contribution in [3.8, 4) is 5.75 Å². The summed E-state index contributed by atoms with van der Waals surface area (Å²) < 4.78 is 15.6. The van der Waals surface area contributed by atoms with Crippen molar-refractivity contribution in [1.82, 2.24) is 20.9 Å². The molecule has 0 saturated carbocycles. The molecule has 45 heavy (non-hydrogen) atoms. The van der Waals surface area contributed by atoms with Crippen molar-refractivity contribution in [3.63, 3.8) is 0 Å². The van der Waals surface area contributed by atoms with Crippen molar-refractivity contribution in [1.29, 1.82) is 0 Å². The van der Waals surface area contributed by atoms with Gasteiger partial charge in [0, 0.05) is 32.7 Å². The zero-order valence-electron chi connectivity index (χ0n) is 24.5. The smallest absolute Gasteiger partial charge is 0.404 e. The second-order valence-corrected chi connectivity index (χ2v) is 11.6. The lowest BCUT2D eigenvalue weighted by atomic mass is 10.0. The molecule has 4 atom stereocenters. The Balaban J connectivity index is 2.33. The molecule has 1 aliphatic heterocycles. The van der Waals surface area contributed by atoms with Gasteiger partial charge >= 0.3 is 7.82 Å². The summed E-state index contributed by atoms with van der Waals surface area (Å²) in [4.78, 5) is 106. The van der Waals surface area contributed by atoms with E-state index in [0.29, 0.717) is 24.9 Å². The molecule has 19 heteroatoms. The second-order valence-electron chi connectivity index (χ2n) is 10.4. The molecule has 0 aromatic heterocycles. The van der Waals surface area contributed by atoms with Crippen LogP contribution in [0.25, 0.3) is 0 Å². The van der Waals surface area contributed by atoms with Crippen LogP contribution in [0.4, 0.5) is 0 Å². The Kier molecular flexibility index (Phi) is 13.4. The molecule has 248 valence electrons. The second kappa shape index (κ2) is 16.5. The normalized spacial score (nSPS) is 16.5. The van der Waals surface area contributed by atoms with Gasteiger partial charge in [0.25, 0.3) is 0 Å². The number of nitrogens with one attached hydrogen (secondary N) is 3. The summed E-state index contributed by atoms with van der Waals surface area (Å²) in [5.74, 6) is -5.47. The molecule has 0 aliphatic carbocycles. The molecule has 18 nitrogen and oxygen atoms in total. The molecular formula is C26H38N7O11P. The molecule has 0 spiro atoms. The first kappa shape index (κ1) is 36.7. The highest BCUT2D eigenvalue weighted by atomic mass is 31.2. The van der Waals surface area contributed by atoms with E-state index in [1.807, 2.05) is 0 Å². The van der Waals surface area contributed by atoms with Crippen molar-refractivity contribution in [3.05, 3.63) is 29.8 Å². The number of carbonyl (C=O) groups excluding carboxylic acids is 7. The number of rotatable bonds is 17. The number of nitrogens with two attached hydrogens (primary N) is 3. The van der Waals surface area contributed by atoms with Gasteiger partial charge < -0.3 is 42.6 Å². The highest BCUT2D eigenvalue weighted by Crippen LogP contribution is 2.37. The lowest BCUT2D eigenvalue weighted by Gasteiger charge is -2.27. The molecule has 1 heterocycles. The van der Waals surface area contributed by atoms with Crippen LogP contribution in [-0.2, 0) is 44.5 Å². The van der Waals surface area contributed by atoms with E-state index in [1.54, 1.807) is 0 Å². The van der Waals surface area contributed by atoms with E-state index < -0.39 is 67.4 Å². The first-order valence-corrected chi connectivity index (χ1v) is 15.4. The van der Waals surface area contributed by atoms with Crippen molar-refractivity contribution < 1.29 is 52.4 Å². The van der Waals surface area contributed by atoms with Crippen LogP contribution in [0.15, 0.2) is 24.3 Å². The predicted molar refractivity (Wildman–Crippen MR) is 155 cm³/mol. The molecule has 11 N–H and O–H groups in total. The van der Waals surface area contributed by atoms with Crippen LogP contribution in [0.1, 0.15) is 51.0 Å². The van der Waals surface area contributed by atoms with Gasteiger partial charge in [-0.3, -0.25) is 43.3 Å². The number of amides is 7. The van der Waals surface area contributed by atoms with Gasteiger partial charge in [0.1, 0.15) is 29.9 Å². The molecule has 0 bridgehead atoms. The molecule has 0 radical (unpaired) electrons. The van der Waals surface area contributed by atoms with Crippen molar-refractivity contribution in [2.45, 2.75) is 76.0 Å². The van der Waals surface area contributed by atoms with E-state index in [9.17, 15) is 38.1 Å². The number of phosphoric acid groups is 1. The monoisotopic (exact) mass is 655 g/mol. The Morgan fingerprint density at radius 2 is 1.42 bits per heavy atom. The van der Waals surface area contributed by atoms with Gasteiger partial charge in [-0.15, -0.1) is 0 Å². The van der Waals surface area contributed by atoms with Gasteiger partial charge in [0.2, 0.25) is 41.4 Å². The zero-order valence-corrected chi connectivity index (χ0v) is 25.4. The molecule has 1 saturated heterocycles. The Hall–Kier alpha value is -4.54. The highest BCUT2D eigenvalue weighted by Gasteiger charge is 2.35. The standard InChI is InChI=1S/C26H38N7O11P/c1-14(34)33-12-2-3-20(33)26(40)31-18(9-11-22(28)36)24(38)32-19(25(39)30-17(23(29)37)8-10-21(27)35)13-15-4-6-16(7-5-15)44-45(41,42)43/h4-7,17-20H,2-3,8-13H2,1H3,(H2,27,35)(H2,28,36)(H2,29,37)(H,30,39)(H,31,40)(H,32,38)(H2,41,42,43)/t17-,18-,19-,20-/m0/s1. The number of nitrogens with zero attached hydrogens (tertiary/aromatic N) is 1. The fraction of sp³-hybridized carbons (Fsp3) is 0.500. The Morgan fingerprint density at radius 3 is 1.93 bits per heavy atom. The summed E-state index contributed by atoms with van der Waals surface area (Å²) >= 11 is 0. The molecule has 1 aromatic carbocycles. The number of hydrogen-bond donors (Lipinski definition) is 8. The van der Waals surface area contributed by atoms with Crippen LogP contribution in [0.2, 0.25) is 0 Å². The van der Waals surface area contributed by atoms with E-state index in [-0.39, 0.29) is 43.8 Å². The topological polar surface area (TPSA) is 304 Å². The van der Waals surface area contributed by atoms with Crippen LogP contribution in [0.3, 0.4) is 0 Å². The van der Waals surface area contributed by atoms with Gasteiger partial charge in [-0.25, -0.2) is 4.57 Å². The molecule has 1 aromatic rings. The van der Waals surface area contributed by atoms with Crippen LogP contribution in [0, 0.1) is 0 Å². The van der Waals surface area contributed by atoms with Gasteiger partial charge in [-0.05, 0) is 43.4 Å². The fourth-order valence-corrected chi connectivity index (χ4v) is 5.02. The van der Waals surface area contributed by atoms with Gasteiger partial charge in [0.15, 0.2) is 0 Å². The number of phosphoric ester groups is 1. The SMILES string of the molecule is CC(=O)N1CCC[C@H]1C(=O)N[C@@H](CCC(N)=O)C(=O)N[C@@H](Cc1ccc(OP(=O)(O)O)cc1)C(=O)N[C@@H](CCC(N)=O)C(N)=O. The molecular weight excluding hydrogens is 617 g/mol. The van der Waals surface area contributed by atoms with Crippen molar-refractivity contribution >= 4 is 49.2 Å². The summed E-state index contributed by atoms with van der Waals surface area (Å²) in [6.07, 6.45) is -0.400. The van der Waals surface area contributed by atoms with Crippen LogP contribution in [0.5, 0.6) is 5.75 Å². The first-order valence-electron chi connectivity index (χ1n) is 13.8. The van der Waals surface area contributed by atoms with Crippen LogP contribution in [-0.4, -0.2) is 86.7 Å². The van der Waals surface area contributed by atoms with Crippen molar-refractivity contribution in [2.24, 2.45) is 17.2 Å². The minimum Gasteiger partial charge on any atom is -0.404 e. The molecule has 1 aliphatic rings. The predicted octanol–water partition coefficient (Wildman–Crippen LogP) is -2.82. The fourth-order valence-electron chi connectivity index (χ4n) is 4.62. The third kappa shape index (κ3) is 12.5. The summed E-state index contributed by atoms with van der Waals surface area (Å²) in [5, 5.41) is 7.37. The Morgan fingerprint density at radius 1 is 0.889 bits per heavy atom. The maximum absolute atomic E-state index is 13.5. The number of carbonyl (C=O) groups is 7. The molecule has 7 amide bonds. The third-order valence-corrected chi connectivity index (χ3v) is 7.28. The van der Waals surface area contributed by atoms with E-state index in [2.05, 4.69) is 20.5 Å². The van der Waals surface area contributed by atoms with Crippen LogP contribution < -0.4 is 37.7 Å². The Labute approximate surface area is 258 Å². The summed E-state index contributed by atoms with van der Waals surface area (Å²) in [7, 11) is -4.85. The maximum atomic E-state index is 13.5. The number of likely N-dealkylation sites (tertiary alicyclic amines) is 1. The summed E-state index contributed by atoms with van der Waals surface area (Å²) in [6, 6.07) is 0.155. The third-order valence-electron chi connectivity index (χ3n) is 6.83. The molecule has 0 unspecified atom stereocenters. The Bertz CT molecular complexity index is 1330. The lowest BCUT2D eigenvalue weighted by molar-refractivity contribution is -0.138. The van der Waals surface area contributed by atoms with E-state index in [1.165, 1.54) is 36.1 Å². The van der Waals surface area contributed by atoms with Gasteiger partial charge in [0.05, 0.1) is 0 Å². The average molecular weight is 656 g/mol. The number of hydrogen-bond acceptors (Lipinski definition) is 9. The van der Waals surface area contributed by atoms with E-state index in [0.717, 1.165) is 0 Å². The van der Waals surface area contributed by atoms with E-state index >= 15 is 0 Å². The quantitative estimate of drug-likeness (QED) is 0.0792. The zero-order chi connectivity index (χ0) is 33.9. The number of benzene rings is 1. The van der Waals surface area contributed by atoms with Gasteiger partial charge in [-0.1, -0.05) is 12.1 Å². The minimum atomic E-state index is -4.85. The molecule has 1 fully saturated rings. The maximum Gasteiger partial charge on any atom is 0.524 e. The number of primary amides is 3. The largest absolute Gasteiger partial charge is 0.524 e. The average Bonchev–Trinajstić information content (AvgIpc) is 3.43. The van der Waals surface area contributed by atoms with Crippen molar-refractivity contribution in [2.75, 3.05) is 6.54 Å². The minimum absolute atomic E-state index is 0.182.